The first-order valence-corrected chi connectivity index (χ1v) is 9.28. The molecule has 2 aromatic carbocycles. The van der Waals surface area contributed by atoms with E-state index in [1.54, 1.807) is 5.56 Å². The first-order valence-electron chi connectivity index (χ1n) is 9.28. The standard InChI is InChI=1S/C23H19NO/c1-2-4-22-17(3-1)18-10-9-16(11-23(18)25-22)21-12-19-14-5-7-15(8-6-14)20(19)13-24-21/h1-4,9-15H,5-8H2. The fraction of sp³-hybridized carbons (Fsp3) is 0.261. The molecule has 1 fully saturated rings. The highest BCUT2D eigenvalue weighted by Crippen LogP contribution is 2.49. The van der Waals surface area contributed by atoms with Gasteiger partial charge in [-0.15, -0.1) is 0 Å². The number of rotatable bonds is 1. The van der Waals surface area contributed by atoms with Crippen molar-refractivity contribution in [3.05, 3.63) is 65.9 Å². The van der Waals surface area contributed by atoms with Crippen molar-refractivity contribution in [2.75, 3.05) is 0 Å². The van der Waals surface area contributed by atoms with Crippen LogP contribution in [0.2, 0.25) is 0 Å². The zero-order valence-electron chi connectivity index (χ0n) is 14.0. The van der Waals surface area contributed by atoms with Crippen molar-refractivity contribution in [1.29, 1.82) is 0 Å². The Bertz CT molecular complexity index is 1120. The lowest BCUT2D eigenvalue weighted by Gasteiger charge is -2.38. The molecule has 7 rings (SSSR count). The van der Waals surface area contributed by atoms with E-state index in [0.29, 0.717) is 0 Å². The lowest BCUT2D eigenvalue weighted by Crippen LogP contribution is -2.21. The first-order chi connectivity index (χ1) is 12.4. The summed E-state index contributed by atoms with van der Waals surface area (Å²) in [4.78, 5) is 4.80. The van der Waals surface area contributed by atoms with Crippen molar-refractivity contribution < 1.29 is 4.42 Å². The van der Waals surface area contributed by atoms with Gasteiger partial charge in [0.05, 0.1) is 5.69 Å². The van der Waals surface area contributed by atoms with E-state index in [1.165, 1.54) is 42.0 Å². The molecule has 2 nitrogen and oxygen atoms in total. The number of pyridine rings is 1. The third-order valence-electron chi connectivity index (χ3n) is 6.25. The summed E-state index contributed by atoms with van der Waals surface area (Å²) >= 11 is 0. The van der Waals surface area contributed by atoms with Crippen molar-refractivity contribution in [3.8, 4) is 11.3 Å². The second-order valence-electron chi connectivity index (χ2n) is 7.56. The molecule has 0 atom stereocenters. The zero-order chi connectivity index (χ0) is 16.4. The fourth-order valence-electron chi connectivity index (χ4n) is 4.93. The second-order valence-corrected chi connectivity index (χ2v) is 7.56. The number of furan rings is 1. The smallest absolute Gasteiger partial charge is 0.136 e. The van der Waals surface area contributed by atoms with Gasteiger partial charge in [0, 0.05) is 22.5 Å². The Hall–Kier alpha value is -2.61. The van der Waals surface area contributed by atoms with Crippen LogP contribution in [-0.4, -0.2) is 4.98 Å². The fourth-order valence-corrected chi connectivity index (χ4v) is 4.93. The van der Waals surface area contributed by atoms with Crippen LogP contribution in [0.4, 0.5) is 0 Å². The minimum atomic E-state index is 0.747. The van der Waals surface area contributed by atoms with Crippen LogP contribution in [0.3, 0.4) is 0 Å². The van der Waals surface area contributed by atoms with Crippen molar-refractivity contribution in [2.45, 2.75) is 37.5 Å². The van der Waals surface area contributed by atoms with Gasteiger partial charge in [0.2, 0.25) is 0 Å². The first kappa shape index (κ1) is 13.7. The zero-order valence-corrected chi connectivity index (χ0v) is 14.0. The van der Waals surface area contributed by atoms with E-state index in [2.05, 4.69) is 42.6 Å². The van der Waals surface area contributed by atoms with Crippen molar-refractivity contribution in [3.63, 3.8) is 0 Å². The molecule has 4 aromatic rings. The predicted molar refractivity (Wildman–Crippen MR) is 101 cm³/mol. The van der Waals surface area contributed by atoms with Gasteiger partial charge in [0.25, 0.3) is 0 Å². The molecule has 0 radical (unpaired) electrons. The third-order valence-corrected chi connectivity index (χ3v) is 6.25. The molecule has 0 saturated heterocycles. The van der Waals surface area contributed by atoms with Gasteiger partial charge in [-0.25, -0.2) is 0 Å². The van der Waals surface area contributed by atoms with Gasteiger partial charge in [-0.3, -0.25) is 4.98 Å². The quantitative estimate of drug-likeness (QED) is 0.404. The van der Waals surface area contributed by atoms with Gasteiger partial charge in [-0.1, -0.05) is 24.3 Å². The Morgan fingerprint density at radius 2 is 1.52 bits per heavy atom. The summed E-state index contributed by atoms with van der Waals surface area (Å²) in [6.45, 7) is 0. The molecular weight excluding hydrogens is 306 g/mol. The SMILES string of the molecule is c1ccc2c(c1)oc1cc(-c3cc4c(cn3)C3CCC4CC3)ccc12. The second kappa shape index (κ2) is 4.95. The van der Waals surface area contributed by atoms with Crippen molar-refractivity contribution >= 4 is 21.9 Å². The van der Waals surface area contributed by atoms with Crippen LogP contribution in [0.25, 0.3) is 33.2 Å². The summed E-state index contributed by atoms with van der Waals surface area (Å²) < 4.78 is 6.05. The molecule has 122 valence electrons. The summed E-state index contributed by atoms with van der Waals surface area (Å²) in [6.07, 6.45) is 7.55. The number of para-hydroxylation sites is 1. The maximum absolute atomic E-state index is 6.05. The lowest BCUT2D eigenvalue weighted by molar-refractivity contribution is 0.358. The van der Waals surface area contributed by atoms with Crippen LogP contribution in [-0.2, 0) is 0 Å². The molecule has 0 aliphatic heterocycles. The molecule has 2 aromatic heterocycles. The lowest BCUT2D eigenvalue weighted by atomic mass is 9.67. The van der Waals surface area contributed by atoms with Gasteiger partial charge in [-0.05, 0) is 72.9 Å². The monoisotopic (exact) mass is 325 g/mol. The minimum Gasteiger partial charge on any atom is -0.456 e. The Kier molecular flexibility index (Phi) is 2.70. The predicted octanol–water partition coefficient (Wildman–Crippen LogP) is 6.40. The van der Waals surface area contributed by atoms with Crippen LogP contribution >= 0.6 is 0 Å². The van der Waals surface area contributed by atoms with Crippen LogP contribution in [0, 0.1) is 0 Å². The topological polar surface area (TPSA) is 26.0 Å². The highest BCUT2D eigenvalue weighted by atomic mass is 16.3. The van der Waals surface area contributed by atoms with E-state index in [4.69, 9.17) is 9.40 Å². The molecule has 0 amide bonds. The number of aromatic nitrogens is 1. The Labute approximate surface area is 146 Å². The van der Waals surface area contributed by atoms with Gasteiger partial charge in [0.15, 0.2) is 0 Å². The van der Waals surface area contributed by atoms with E-state index in [1.807, 2.05) is 12.1 Å². The normalized spacial score (nSPS) is 21.8. The van der Waals surface area contributed by atoms with Crippen LogP contribution in [0.5, 0.6) is 0 Å². The summed E-state index contributed by atoms with van der Waals surface area (Å²) in [5.41, 5.74) is 7.18. The van der Waals surface area contributed by atoms with Crippen LogP contribution in [0.1, 0.15) is 48.6 Å². The summed E-state index contributed by atoms with van der Waals surface area (Å²) in [6, 6.07) is 17.1. The number of hydrogen-bond acceptors (Lipinski definition) is 2. The van der Waals surface area contributed by atoms with E-state index in [9.17, 15) is 0 Å². The van der Waals surface area contributed by atoms with E-state index in [-0.39, 0.29) is 0 Å². The number of hydrogen-bond donors (Lipinski definition) is 0. The van der Waals surface area contributed by atoms with Gasteiger partial charge >= 0.3 is 0 Å². The molecule has 0 unspecified atom stereocenters. The maximum Gasteiger partial charge on any atom is 0.136 e. The number of nitrogens with zero attached hydrogens (tertiary/aromatic N) is 1. The highest BCUT2D eigenvalue weighted by Gasteiger charge is 2.33. The molecule has 2 heterocycles. The average molecular weight is 325 g/mol. The van der Waals surface area contributed by atoms with Crippen molar-refractivity contribution in [2.24, 2.45) is 0 Å². The Morgan fingerprint density at radius 1 is 0.760 bits per heavy atom. The molecule has 2 heteroatoms. The molecule has 3 aliphatic rings. The summed E-state index contributed by atoms with van der Waals surface area (Å²) in [7, 11) is 0. The molecule has 25 heavy (non-hydrogen) atoms. The number of benzene rings is 2. The molecule has 2 bridgehead atoms. The molecule has 3 aliphatic carbocycles. The summed E-state index contributed by atoms with van der Waals surface area (Å²) in [5.74, 6) is 1.50. The summed E-state index contributed by atoms with van der Waals surface area (Å²) in [5, 5.41) is 2.36. The molecule has 1 saturated carbocycles. The minimum absolute atomic E-state index is 0.747. The Balaban J connectivity index is 1.51. The number of fused-ring (bicyclic) bond motifs is 5. The third kappa shape index (κ3) is 1.94. The average Bonchev–Trinajstić information content (AvgIpc) is 3.06. The van der Waals surface area contributed by atoms with Gasteiger partial charge in [0.1, 0.15) is 11.2 Å². The molecule has 0 spiro atoms. The van der Waals surface area contributed by atoms with Crippen LogP contribution in [0.15, 0.2) is 59.1 Å². The van der Waals surface area contributed by atoms with E-state index < -0.39 is 0 Å². The van der Waals surface area contributed by atoms with Crippen molar-refractivity contribution in [1.82, 2.24) is 4.98 Å². The maximum atomic E-state index is 6.05. The van der Waals surface area contributed by atoms with Crippen LogP contribution < -0.4 is 0 Å². The highest BCUT2D eigenvalue weighted by molar-refractivity contribution is 6.05. The molecule has 0 N–H and O–H groups in total. The largest absolute Gasteiger partial charge is 0.456 e. The molecular formula is C23H19NO. The van der Waals surface area contributed by atoms with E-state index in [0.717, 1.165) is 34.3 Å². The van der Waals surface area contributed by atoms with Gasteiger partial charge in [-0.2, -0.15) is 0 Å². The Morgan fingerprint density at radius 3 is 2.40 bits per heavy atom. The van der Waals surface area contributed by atoms with E-state index >= 15 is 0 Å². The van der Waals surface area contributed by atoms with Gasteiger partial charge < -0.3 is 4.42 Å².